The van der Waals surface area contributed by atoms with Crippen LogP contribution in [0.1, 0.15) is 46.4 Å². The van der Waals surface area contributed by atoms with Crippen LogP contribution >= 0.6 is 0 Å². The minimum atomic E-state index is -0.836. The summed E-state index contributed by atoms with van der Waals surface area (Å²) in [5.41, 5.74) is 9.28. The second kappa shape index (κ2) is 9.66. The van der Waals surface area contributed by atoms with Crippen molar-refractivity contribution in [3.05, 3.63) is 77.6 Å². The van der Waals surface area contributed by atoms with Crippen molar-refractivity contribution in [3.63, 3.8) is 0 Å². The van der Waals surface area contributed by atoms with E-state index in [1.807, 2.05) is 24.3 Å². The van der Waals surface area contributed by atoms with Crippen LogP contribution in [0.4, 0.5) is 10.2 Å². The molecule has 1 fully saturated rings. The van der Waals surface area contributed by atoms with Gasteiger partial charge in [-0.25, -0.2) is 14.4 Å². The van der Waals surface area contributed by atoms with Gasteiger partial charge in [0, 0.05) is 30.3 Å². The maximum Gasteiger partial charge on any atom is 0.251 e. The SMILES string of the molecule is Nc1ncc(C2CCOCC2)nc1-c1ccccc1[C@H](CF)NC(=O)c1ccccc1. The molecule has 1 aromatic heterocycles. The van der Waals surface area contributed by atoms with Crippen LogP contribution in [0, 0.1) is 0 Å². The lowest BCUT2D eigenvalue weighted by Gasteiger charge is -2.23. The van der Waals surface area contributed by atoms with Crippen molar-refractivity contribution < 1.29 is 13.9 Å². The van der Waals surface area contributed by atoms with Crippen molar-refractivity contribution >= 4 is 11.7 Å². The van der Waals surface area contributed by atoms with Crippen molar-refractivity contribution in [2.24, 2.45) is 0 Å². The standard InChI is InChI=1S/C24H25FN4O2/c25-14-20(29-24(30)17-6-2-1-3-7-17)18-8-4-5-9-19(18)22-23(26)27-15-21(28-22)16-10-12-31-13-11-16/h1-9,15-16,20H,10-14H2,(H2,26,27)(H,29,30)/t20-/m0/s1. The number of alkyl halides is 1. The Balaban J connectivity index is 1.67. The minimum absolute atomic E-state index is 0.252. The fourth-order valence-corrected chi connectivity index (χ4v) is 3.85. The Morgan fingerprint density at radius 2 is 1.84 bits per heavy atom. The average Bonchev–Trinajstić information content (AvgIpc) is 2.84. The van der Waals surface area contributed by atoms with Crippen molar-refractivity contribution in [1.29, 1.82) is 0 Å². The largest absolute Gasteiger partial charge is 0.382 e. The number of nitrogens with zero attached hydrogens (tertiary/aromatic N) is 2. The van der Waals surface area contributed by atoms with Crippen LogP contribution in [0.25, 0.3) is 11.3 Å². The maximum absolute atomic E-state index is 14.1. The molecular formula is C24H25FN4O2. The molecule has 2 aromatic carbocycles. The van der Waals surface area contributed by atoms with E-state index in [-0.39, 0.29) is 17.6 Å². The molecule has 1 aliphatic rings. The Bertz CT molecular complexity index is 1040. The maximum atomic E-state index is 14.1. The summed E-state index contributed by atoms with van der Waals surface area (Å²) >= 11 is 0. The molecule has 1 saturated heterocycles. The highest BCUT2D eigenvalue weighted by atomic mass is 19.1. The van der Waals surface area contributed by atoms with Crippen LogP contribution in [-0.2, 0) is 4.74 Å². The van der Waals surface area contributed by atoms with Crippen LogP contribution < -0.4 is 11.1 Å². The number of hydrogen-bond donors (Lipinski definition) is 2. The predicted molar refractivity (Wildman–Crippen MR) is 117 cm³/mol. The number of rotatable bonds is 6. The van der Waals surface area contributed by atoms with E-state index in [0.717, 1.165) is 18.5 Å². The van der Waals surface area contributed by atoms with Crippen molar-refractivity contribution in [3.8, 4) is 11.3 Å². The molecule has 3 N–H and O–H groups in total. The molecule has 3 aromatic rings. The van der Waals surface area contributed by atoms with Gasteiger partial charge in [0.05, 0.1) is 17.9 Å². The molecule has 1 amide bonds. The molecule has 0 spiro atoms. The molecule has 0 bridgehead atoms. The van der Waals surface area contributed by atoms with Gasteiger partial charge in [-0.3, -0.25) is 4.79 Å². The van der Waals surface area contributed by atoms with Gasteiger partial charge in [-0.15, -0.1) is 0 Å². The number of ether oxygens (including phenoxy) is 1. The van der Waals surface area contributed by atoms with Gasteiger partial charge in [-0.1, -0.05) is 42.5 Å². The Morgan fingerprint density at radius 3 is 2.58 bits per heavy atom. The summed E-state index contributed by atoms with van der Waals surface area (Å²) in [5, 5.41) is 2.79. The summed E-state index contributed by atoms with van der Waals surface area (Å²) in [6.45, 7) is 0.624. The zero-order valence-corrected chi connectivity index (χ0v) is 17.1. The average molecular weight is 420 g/mol. The molecule has 160 valence electrons. The third kappa shape index (κ3) is 4.72. The topological polar surface area (TPSA) is 90.1 Å². The van der Waals surface area contributed by atoms with E-state index in [0.29, 0.717) is 35.6 Å². The number of nitrogen functional groups attached to an aromatic ring is 1. The van der Waals surface area contributed by atoms with E-state index in [2.05, 4.69) is 10.3 Å². The first kappa shape index (κ1) is 20.9. The lowest BCUT2D eigenvalue weighted by Crippen LogP contribution is -2.30. The van der Waals surface area contributed by atoms with Crippen LogP contribution in [0.2, 0.25) is 0 Å². The highest BCUT2D eigenvalue weighted by molar-refractivity contribution is 5.94. The lowest BCUT2D eigenvalue weighted by molar-refractivity contribution is 0.0844. The van der Waals surface area contributed by atoms with E-state index < -0.39 is 12.7 Å². The number of carbonyl (C=O) groups is 1. The molecular weight excluding hydrogens is 395 g/mol. The molecule has 6 nitrogen and oxygen atoms in total. The number of nitrogens with one attached hydrogen (secondary N) is 1. The number of nitrogens with two attached hydrogens (primary N) is 1. The summed E-state index contributed by atoms with van der Waals surface area (Å²) in [5.74, 6) is 0.186. The zero-order valence-electron chi connectivity index (χ0n) is 17.1. The van der Waals surface area contributed by atoms with Gasteiger partial charge in [0.25, 0.3) is 5.91 Å². The van der Waals surface area contributed by atoms with Crippen molar-refractivity contribution in [2.45, 2.75) is 24.8 Å². The minimum Gasteiger partial charge on any atom is -0.382 e. The summed E-state index contributed by atoms with van der Waals surface area (Å²) in [7, 11) is 0. The third-order valence-corrected chi connectivity index (χ3v) is 5.55. The van der Waals surface area contributed by atoms with Crippen LogP contribution in [0.5, 0.6) is 0 Å². The summed E-state index contributed by atoms with van der Waals surface area (Å²) in [6.07, 6.45) is 3.46. The van der Waals surface area contributed by atoms with Gasteiger partial charge in [-0.2, -0.15) is 0 Å². The molecule has 31 heavy (non-hydrogen) atoms. The fourth-order valence-electron chi connectivity index (χ4n) is 3.85. The summed E-state index contributed by atoms with van der Waals surface area (Å²) in [4.78, 5) is 21.8. The number of halogens is 1. The van der Waals surface area contributed by atoms with Crippen molar-refractivity contribution in [2.75, 3.05) is 25.6 Å². The summed E-state index contributed by atoms with van der Waals surface area (Å²) in [6, 6.07) is 15.2. The van der Waals surface area contributed by atoms with E-state index >= 15 is 0 Å². The molecule has 1 atom stereocenters. The Labute approximate surface area is 180 Å². The number of hydrogen-bond acceptors (Lipinski definition) is 5. The van der Waals surface area contributed by atoms with Crippen LogP contribution in [-0.4, -0.2) is 35.8 Å². The lowest BCUT2D eigenvalue weighted by atomic mass is 9.95. The predicted octanol–water partition coefficient (Wildman–Crippen LogP) is 4.06. The second-order valence-corrected chi connectivity index (χ2v) is 7.55. The van der Waals surface area contributed by atoms with Crippen molar-refractivity contribution in [1.82, 2.24) is 15.3 Å². The van der Waals surface area contributed by atoms with Crippen LogP contribution in [0.15, 0.2) is 60.8 Å². The molecule has 2 heterocycles. The van der Waals surface area contributed by atoms with E-state index in [9.17, 15) is 9.18 Å². The first-order valence-electron chi connectivity index (χ1n) is 10.4. The van der Waals surface area contributed by atoms with Gasteiger partial charge < -0.3 is 15.8 Å². The third-order valence-electron chi connectivity index (χ3n) is 5.55. The first-order chi connectivity index (χ1) is 15.2. The van der Waals surface area contributed by atoms with E-state index in [4.69, 9.17) is 15.5 Å². The zero-order chi connectivity index (χ0) is 21.6. The number of benzene rings is 2. The number of carbonyl (C=O) groups excluding carboxylic acids is 1. The van der Waals surface area contributed by atoms with Gasteiger partial charge >= 0.3 is 0 Å². The van der Waals surface area contributed by atoms with Gasteiger partial charge in [0.15, 0.2) is 0 Å². The molecule has 0 radical (unpaired) electrons. The second-order valence-electron chi connectivity index (χ2n) is 7.55. The number of amides is 1. The molecule has 1 aliphatic heterocycles. The highest BCUT2D eigenvalue weighted by Crippen LogP contribution is 2.33. The number of aromatic nitrogens is 2. The molecule has 0 aliphatic carbocycles. The quantitative estimate of drug-likeness (QED) is 0.628. The van der Waals surface area contributed by atoms with Gasteiger partial charge in [-0.05, 0) is 30.5 Å². The highest BCUT2D eigenvalue weighted by Gasteiger charge is 2.23. The Hall–Kier alpha value is -3.32. The Kier molecular flexibility index (Phi) is 6.52. The smallest absolute Gasteiger partial charge is 0.251 e. The molecule has 0 unspecified atom stereocenters. The first-order valence-corrected chi connectivity index (χ1v) is 10.4. The van der Waals surface area contributed by atoms with Gasteiger partial charge in [0.1, 0.15) is 18.2 Å². The van der Waals surface area contributed by atoms with E-state index in [1.165, 1.54) is 0 Å². The molecule has 7 heteroatoms. The van der Waals surface area contributed by atoms with E-state index in [1.54, 1.807) is 36.5 Å². The number of anilines is 1. The normalized spacial score (nSPS) is 15.4. The fraction of sp³-hybridized carbons (Fsp3) is 0.292. The van der Waals surface area contributed by atoms with Gasteiger partial charge in [0.2, 0.25) is 0 Å². The molecule has 4 rings (SSSR count). The van der Waals surface area contributed by atoms with Crippen LogP contribution in [0.3, 0.4) is 0 Å². The monoisotopic (exact) mass is 420 g/mol. The molecule has 0 saturated carbocycles. The Morgan fingerprint density at radius 1 is 1.13 bits per heavy atom. The summed E-state index contributed by atoms with van der Waals surface area (Å²) < 4.78 is 19.5.